The summed E-state index contributed by atoms with van der Waals surface area (Å²) in [6, 6.07) is 12.1. The third-order valence-corrected chi connectivity index (χ3v) is 4.30. The van der Waals surface area contributed by atoms with Crippen molar-refractivity contribution in [1.82, 2.24) is 0 Å². The average Bonchev–Trinajstić information content (AvgIpc) is 2.77. The molecule has 0 radical (unpaired) electrons. The first-order valence-electron chi connectivity index (χ1n) is 7.42. The predicted octanol–water partition coefficient (Wildman–Crippen LogP) is 3.70. The molecule has 1 atom stereocenters. The van der Waals surface area contributed by atoms with E-state index in [1.807, 2.05) is 32.0 Å². The van der Waals surface area contributed by atoms with Gasteiger partial charge in [0.15, 0.2) is 0 Å². The molecule has 1 aliphatic heterocycles. The van der Waals surface area contributed by atoms with Gasteiger partial charge in [0.25, 0.3) is 5.91 Å². The number of carbonyl (C=O) groups is 2. The van der Waals surface area contributed by atoms with Crippen LogP contribution >= 0.6 is 11.6 Å². The molecule has 1 saturated heterocycles. The highest BCUT2D eigenvalue weighted by Gasteiger charge is 2.39. The largest absolute Gasteiger partial charge is 0.373 e. The van der Waals surface area contributed by atoms with Crippen molar-refractivity contribution >= 4 is 34.8 Å². The molecule has 0 aliphatic carbocycles. The lowest BCUT2D eigenvalue weighted by Gasteiger charge is -2.17. The van der Waals surface area contributed by atoms with Crippen LogP contribution in [0.2, 0.25) is 5.02 Å². The van der Waals surface area contributed by atoms with E-state index in [1.165, 1.54) is 4.90 Å². The topological polar surface area (TPSA) is 49.4 Å². The molecule has 0 unspecified atom stereocenters. The standard InChI is InChI=1S/C18H17ClN2O2/c1-11-6-7-15(8-12(11)2)21-17(22)10-16(18(21)23)20-14-5-3-4-13(19)9-14/h3-9,16,20H,10H2,1-2H3/t16-/m0/s1. The fraction of sp³-hybridized carbons (Fsp3) is 0.222. The minimum atomic E-state index is -0.567. The van der Waals surface area contributed by atoms with Gasteiger partial charge >= 0.3 is 0 Å². The van der Waals surface area contributed by atoms with Gasteiger partial charge in [-0.25, -0.2) is 4.90 Å². The van der Waals surface area contributed by atoms with Crippen molar-refractivity contribution in [1.29, 1.82) is 0 Å². The number of aryl methyl sites for hydroxylation is 2. The number of nitrogens with one attached hydrogen (secondary N) is 1. The second-order valence-electron chi connectivity index (χ2n) is 5.75. The maximum Gasteiger partial charge on any atom is 0.256 e. The van der Waals surface area contributed by atoms with E-state index in [9.17, 15) is 9.59 Å². The minimum absolute atomic E-state index is 0.137. The van der Waals surface area contributed by atoms with Gasteiger partial charge in [-0.2, -0.15) is 0 Å². The molecule has 2 aromatic carbocycles. The van der Waals surface area contributed by atoms with Gasteiger partial charge in [0, 0.05) is 10.7 Å². The van der Waals surface area contributed by atoms with Crippen LogP contribution in [0.3, 0.4) is 0 Å². The highest BCUT2D eigenvalue weighted by atomic mass is 35.5. The van der Waals surface area contributed by atoms with Gasteiger partial charge < -0.3 is 5.32 Å². The van der Waals surface area contributed by atoms with Crippen molar-refractivity contribution < 1.29 is 9.59 Å². The molecule has 1 N–H and O–H groups in total. The first-order chi connectivity index (χ1) is 11.0. The number of nitrogens with zero attached hydrogens (tertiary/aromatic N) is 1. The molecule has 1 heterocycles. The van der Waals surface area contributed by atoms with Crippen molar-refractivity contribution in [3.63, 3.8) is 0 Å². The second-order valence-corrected chi connectivity index (χ2v) is 6.18. The van der Waals surface area contributed by atoms with Gasteiger partial charge in [0.1, 0.15) is 6.04 Å². The molecule has 4 nitrogen and oxygen atoms in total. The van der Waals surface area contributed by atoms with Gasteiger partial charge in [0.2, 0.25) is 5.91 Å². The monoisotopic (exact) mass is 328 g/mol. The zero-order chi connectivity index (χ0) is 16.6. The summed E-state index contributed by atoms with van der Waals surface area (Å²) in [5, 5.41) is 3.67. The summed E-state index contributed by atoms with van der Waals surface area (Å²) >= 11 is 5.95. The maximum absolute atomic E-state index is 12.6. The molecule has 2 amide bonds. The Kier molecular flexibility index (Phi) is 4.09. The molecule has 118 valence electrons. The minimum Gasteiger partial charge on any atom is -0.373 e. The highest BCUT2D eigenvalue weighted by Crippen LogP contribution is 2.27. The van der Waals surface area contributed by atoms with E-state index in [-0.39, 0.29) is 18.2 Å². The van der Waals surface area contributed by atoms with Crippen molar-refractivity contribution in [2.75, 3.05) is 10.2 Å². The highest BCUT2D eigenvalue weighted by molar-refractivity contribution is 6.30. The fourth-order valence-electron chi connectivity index (χ4n) is 2.66. The average molecular weight is 329 g/mol. The van der Waals surface area contributed by atoms with E-state index >= 15 is 0 Å². The second kappa shape index (κ2) is 6.05. The summed E-state index contributed by atoms with van der Waals surface area (Å²) in [5.74, 6) is -0.434. The Balaban J connectivity index is 1.83. The molecule has 3 rings (SSSR count). The third-order valence-electron chi connectivity index (χ3n) is 4.06. The van der Waals surface area contributed by atoms with Crippen LogP contribution in [0, 0.1) is 13.8 Å². The number of hydrogen-bond acceptors (Lipinski definition) is 3. The van der Waals surface area contributed by atoms with Crippen LogP contribution in [-0.2, 0) is 9.59 Å². The van der Waals surface area contributed by atoms with Crippen LogP contribution < -0.4 is 10.2 Å². The molecule has 0 bridgehead atoms. The number of imide groups is 1. The lowest BCUT2D eigenvalue weighted by atomic mass is 10.1. The number of anilines is 2. The lowest BCUT2D eigenvalue weighted by molar-refractivity contribution is -0.121. The van der Waals surface area contributed by atoms with E-state index < -0.39 is 6.04 Å². The molecule has 23 heavy (non-hydrogen) atoms. The molecule has 5 heteroatoms. The Morgan fingerprint density at radius 2 is 1.87 bits per heavy atom. The van der Waals surface area contributed by atoms with Crippen LogP contribution in [0.4, 0.5) is 11.4 Å². The summed E-state index contributed by atoms with van der Waals surface area (Å²) in [4.78, 5) is 26.2. The van der Waals surface area contributed by atoms with Gasteiger partial charge in [-0.15, -0.1) is 0 Å². The van der Waals surface area contributed by atoms with Crippen LogP contribution in [-0.4, -0.2) is 17.9 Å². The number of hydrogen-bond donors (Lipinski definition) is 1. The van der Waals surface area contributed by atoms with Crippen LogP contribution in [0.5, 0.6) is 0 Å². The normalized spacial score (nSPS) is 17.7. The van der Waals surface area contributed by atoms with E-state index in [4.69, 9.17) is 11.6 Å². The van der Waals surface area contributed by atoms with Gasteiger partial charge in [-0.1, -0.05) is 23.7 Å². The van der Waals surface area contributed by atoms with Crippen molar-refractivity contribution in [3.05, 3.63) is 58.6 Å². The lowest BCUT2D eigenvalue weighted by Crippen LogP contribution is -2.34. The SMILES string of the molecule is Cc1ccc(N2C(=O)C[C@H](Nc3cccc(Cl)c3)C2=O)cc1C. The quantitative estimate of drug-likeness (QED) is 0.874. The molecule has 1 aliphatic rings. The molecule has 1 fully saturated rings. The summed E-state index contributed by atoms with van der Waals surface area (Å²) < 4.78 is 0. The number of carbonyl (C=O) groups excluding carboxylic acids is 2. The molecule has 0 aromatic heterocycles. The molecular formula is C18H17ClN2O2. The predicted molar refractivity (Wildman–Crippen MR) is 91.9 cm³/mol. The third kappa shape index (κ3) is 3.08. The Labute approximate surface area is 140 Å². The Morgan fingerprint density at radius 1 is 1.09 bits per heavy atom. The number of benzene rings is 2. The summed E-state index contributed by atoms with van der Waals surface area (Å²) in [7, 11) is 0. The first kappa shape index (κ1) is 15.6. The van der Waals surface area contributed by atoms with E-state index in [2.05, 4.69) is 5.32 Å². The summed E-state index contributed by atoms with van der Waals surface area (Å²) in [6.45, 7) is 3.96. The molecule has 0 spiro atoms. The van der Waals surface area contributed by atoms with Crippen LogP contribution in [0.25, 0.3) is 0 Å². The Bertz CT molecular complexity index is 788. The number of amides is 2. The smallest absolute Gasteiger partial charge is 0.256 e. The zero-order valence-electron chi connectivity index (χ0n) is 13.0. The van der Waals surface area contributed by atoms with E-state index in [0.717, 1.165) is 16.8 Å². The Morgan fingerprint density at radius 3 is 2.57 bits per heavy atom. The van der Waals surface area contributed by atoms with Gasteiger partial charge in [-0.05, 0) is 55.3 Å². The maximum atomic E-state index is 12.6. The van der Waals surface area contributed by atoms with Crippen molar-refractivity contribution in [3.8, 4) is 0 Å². The Hall–Kier alpha value is -2.33. The van der Waals surface area contributed by atoms with Gasteiger partial charge in [0.05, 0.1) is 12.1 Å². The number of halogens is 1. The number of rotatable bonds is 3. The first-order valence-corrected chi connectivity index (χ1v) is 7.79. The fourth-order valence-corrected chi connectivity index (χ4v) is 2.85. The van der Waals surface area contributed by atoms with Crippen molar-refractivity contribution in [2.24, 2.45) is 0 Å². The van der Waals surface area contributed by atoms with E-state index in [0.29, 0.717) is 10.7 Å². The van der Waals surface area contributed by atoms with Crippen molar-refractivity contribution in [2.45, 2.75) is 26.3 Å². The molecule has 0 saturated carbocycles. The van der Waals surface area contributed by atoms with E-state index in [1.54, 1.807) is 24.3 Å². The van der Waals surface area contributed by atoms with Crippen LogP contribution in [0.1, 0.15) is 17.5 Å². The van der Waals surface area contributed by atoms with Crippen LogP contribution in [0.15, 0.2) is 42.5 Å². The molecule has 2 aromatic rings. The van der Waals surface area contributed by atoms with Gasteiger partial charge in [-0.3, -0.25) is 9.59 Å². The molecular weight excluding hydrogens is 312 g/mol. The summed E-state index contributed by atoms with van der Waals surface area (Å²) in [6.07, 6.45) is 0.137. The zero-order valence-corrected chi connectivity index (χ0v) is 13.7. The summed E-state index contributed by atoms with van der Waals surface area (Å²) in [5.41, 5.74) is 3.53.